The van der Waals surface area contributed by atoms with Crippen LogP contribution in [0.3, 0.4) is 0 Å². The molecule has 0 radical (unpaired) electrons. The lowest BCUT2D eigenvalue weighted by Crippen LogP contribution is -2.53. The lowest BCUT2D eigenvalue weighted by molar-refractivity contribution is -0.145. The number of benzene rings is 1. The summed E-state index contributed by atoms with van der Waals surface area (Å²) in [6.45, 7) is 3.54. The van der Waals surface area contributed by atoms with Gasteiger partial charge in [0.25, 0.3) is 5.91 Å². The van der Waals surface area contributed by atoms with Crippen molar-refractivity contribution in [2.24, 2.45) is 0 Å². The lowest BCUT2D eigenvalue weighted by Gasteiger charge is -2.36. The van der Waals surface area contributed by atoms with Gasteiger partial charge < -0.3 is 14.5 Å². The molecule has 0 aliphatic carbocycles. The zero-order chi connectivity index (χ0) is 15.7. The summed E-state index contributed by atoms with van der Waals surface area (Å²) in [5, 5.41) is 0. The van der Waals surface area contributed by atoms with Crippen LogP contribution < -0.4 is 0 Å². The summed E-state index contributed by atoms with van der Waals surface area (Å²) in [4.78, 5) is 39.2. The molecule has 1 unspecified atom stereocenters. The molecule has 0 spiro atoms. The molecular formula is C16H18N2O4. The first kappa shape index (κ1) is 14.6. The van der Waals surface area contributed by atoms with Gasteiger partial charge in [-0.3, -0.25) is 9.59 Å². The summed E-state index contributed by atoms with van der Waals surface area (Å²) in [5.41, 5.74) is 1.38. The van der Waals surface area contributed by atoms with Crippen LogP contribution in [0.2, 0.25) is 0 Å². The van der Waals surface area contributed by atoms with E-state index in [-0.39, 0.29) is 11.8 Å². The first-order chi connectivity index (χ1) is 10.6. The molecule has 3 rings (SSSR count). The third-order valence-electron chi connectivity index (χ3n) is 4.20. The van der Waals surface area contributed by atoms with Gasteiger partial charge >= 0.3 is 5.97 Å². The molecule has 2 aliphatic rings. The van der Waals surface area contributed by atoms with Gasteiger partial charge in [0.05, 0.1) is 5.56 Å². The van der Waals surface area contributed by atoms with Gasteiger partial charge in [-0.25, -0.2) is 4.79 Å². The van der Waals surface area contributed by atoms with Crippen LogP contribution in [0.5, 0.6) is 0 Å². The van der Waals surface area contributed by atoms with Crippen LogP contribution in [0.15, 0.2) is 24.3 Å². The van der Waals surface area contributed by atoms with Gasteiger partial charge in [-0.1, -0.05) is 18.2 Å². The number of carbonyl (C=O) groups is 3. The van der Waals surface area contributed by atoms with E-state index in [0.29, 0.717) is 38.2 Å². The van der Waals surface area contributed by atoms with Crippen LogP contribution in [-0.4, -0.2) is 59.9 Å². The summed E-state index contributed by atoms with van der Waals surface area (Å²) in [6, 6.07) is 7.20. The Bertz CT molecular complexity index is 620. The van der Waals surface area contributed by atoms with Gasteiger partial charge in [0.1, 0.15) is 0 Å². The summed E-state index contributed by atoms with van der Waals surface area (Å²) in [7, 11) is 0. The summed E-state index contributed by atoms with van der Waals surface area (Å²) < 4.78 is 5.29. The van der Waals surface area contributed by atoms with Gasteiger partial charge in [-0.05, 0) is 11.6 Å². The van der Waals surface area contributed by atoms with Crippen LogP contribution in [0.1, 0.15) is 22.8 Å². The zero-order valence-electron chi connectivity index (χ0n) is 12.4. The third-order valence-corrected chi connectivity index (χ3v) is 4.20. The monoisotopic (exact) mass is 302 g/mol. The average molecular weight is 302 g/mol. The van der Waals surface area contributed by atoms with E-state index >= 15 is 0 Å². The Morgan fingerprint density at radius 1 is 1.09 bits per heavy atom. The van der Waals surface area contributed by atoms with Crippen molar-refractivity contribution in [2.45, 2.75) is 19.4 Å². The predicted octanol–water partition coefficient (Wildman–Crippen LogP) is 0.459. The summed E-state index contributed by atoms with van der Waals surface area (Å²) in [5.74, 6) is -0.598. The maximum Gasteiger partial charge on any atom is 0.339 e. The highest BCUT2D eigenvalue weighted by Gasteiger charge is 2.35. The Balaban J connectivity index is 1.67. The zero-order valence-corrected chi connectivity index (χ0v) is 12.4. The fourth-order valence-corrected chi connectivity index (χ4v) is 2.91. The van der Waals surface area contributed by atoms with Gasteiger partial charge in [0, 0.05) is 39.5 Å². The minimum absolute atomic E-state index is 0.0186. The Morgan fingerprint density at radius 3 is 2.41 bits per heavy atom. The maximum absolute atomic E-state index is 12.5. The van der Waals surface area contributed by atoms with Crippen LogP contribution in [-0.2, 0) is 20.7 Å². The Hall–Kier alpha value is -2.37. The van der Waals surface area contributed by atoms with E-state index in [2.05, 4.69) is 0 Å². The summed E-state index contributed by atoms with van der Waals surface area (Å²) in [6.07, 6.45) is -0.348. The van der Waals surface area contributed by atoms with Crippen molar-refractivity contribution < 1.29 is 19.1 Å². The summed E-state index contributed by atoms with van der Waals surface area (Å²) >= 11 is 0. The molecular weight excluding hydrogens is 284 g/mol. The van der Waals surface area contributed by atoms with Crippen molar-refractivity contribution in [3.63, 3.8) is 0 Å². The van der Waals surface area contributed by atoms with Crippen LogP contribution >= 0.6 is 0 Å². The Morgan fingerprint density at radius 2 is 1.73 bits per heavy atom. The van der Waals surface area contributed by atoms with E-state index in [0.717, 1.165) is 5.56 Å². The Labute approximate surface area is 128 Å². The van der Waals surface area contributed by atoms with Crippen molar-refractivity contribution in [3.8, 4) is 0 Å². The van der Waals surface area contributed by atoms with Crippen molar-refractivity contribution in [1.82, 2.24) is 9.80 Å². The minimum atomic E-state index is -0.758. The topological polar surface area (TPSA) is 66.9 Å². The third kappa shape index (κ3) is 2.68. The van der Waals surface area contributed by atoms with Crippen LogP contribution in [0.4, 0.5) is 0 Å². The second-order valence-corrected chi connectivity index (χ2v) is 5.59. The molecule has 6 nitrogen and oxygen atoms in total. The second kappa shape index (κ2) is 5.79. The number of esters is 1. The molecule has 1 fully saturated rings. The molecule has 2 amide bonds. The van der Waals surface area contributed by atoms with E-state index in [9.17, 15) is 14.4 Å². The number of nitrogens with zero attached hydrogens (tertiary/aromatic N) is 2. The standard InChI is InChI=1S/C16H18N2O4/c1-11(19)17-6-8-18(9-7-17)15(20)14-10-12-4-2-3-5-13(12)16(21)22-14/h2-5,14H,6-10H2,1H3. The number of hydrogen-bond donors (Lipinski definition) is 0. The van der Waals surface area contributed by atoms with E-state index in [1.807, 2.05) is 12.1 Å². The highest BCUT2D eigenvalue weighted by molar-refractivity contribution is 5.95. The van der Waals surface area contributed by atoms with E-state index in [4.69, 9.17) is 4.74 Å². The SMILES string of the molecule is CC(=O)N1CCN(C(=O)C2Cc3ccccc3C(=O)O2)CC1. The largest absolute Gasteiger partial charge is 0.448 e. The fourth-order valence-electron chi connectivity index (χ4n) is 2.91. The van der Waals surface area contributed by atoms with Gasteiger partial charge in [-0.15, -0.1) is 0 Å². The molecule has 1 aromatic carbocycles. The minimum Gasteiger partial charge on any atom is -0.448 e. The molecule has 116 valence electrons. The quantitative estimate of drug-likeness (QED) is 0.707. The van der Waals surface area contributed by atoms with Crippen LogP contribution in [0, 0.1) is 0 Å². The average Bonchev–Trinajstić information content (AvgIpc) is 2.54. The molecule has 0 aromatic heterocycles. The van der Waals surface area contributed by atoms with Gasteiger partial charge in [-0.2, -0.15) is 0 Å². The highest BCUT2D eigenvalue weighted by atomic mass is 16.5. The molecule has 0 N–H and O–H groups in total. The van der Waals surface area contributed by atoms with Gasteiger partial charge in [0.15, 0.2) is 6.10 Å². The maximum atomic E-state index is 12.5. The fraction of sp³-hybridized carbons (Fsp3) is 0.438. The normalized spacial score (nSPS) is 21.1. The molecule has 2 aliphatic heterocycles. The molecule has 1 saturated heterocycles. The number of ether oxygens (including phenoxy) is 1. The highest BCUT2D eigenvalue weighted by Crippen LogP contribution is 2.22. The number of fused-ring (bicyclic) bond motifs is 1. The number of carbonyl (C=O) groups excluding carboxylic acids is 3. The molecule has 0 bridgehead atoms. The number of piperazine rings is 1. The second-order valence-electron chi connectivity index (χ2n) is 5.59. The first-order valence-electron chi connectivity index (χ1n) is 7.39. The van der Waals surface area contributed by atoms with Crippen molar-refractivity contribution in [2.75, 3.05) is 26.2 Å². The molecule has 22 heavy (non-hydrogen) atoms. The Kier molecular flexibility index (Phi) is 3.83. The molecule has 2 heterocycles. The lowest BCUT2D eigenvalue weighted by atomic mass is 9.98. The van der Waals surface area contributed by atoms with Crippen LogP contribution in [0.25, 0.3) is 0 Å². The number of cyclic esters (lactones) is 1. The number of rotatable bonds is 1. The van der Waals surface area contributed by atoms with Crippen molar-refractivity contribution in [1.29, 1.82) is 0 Å². The van der Waals surface area contributed by atoms with E-state index in [1.165, 1.54) is 6.92 Å². The molecule has 1 atom stereocenters. The van der Waals surface area contributed by atoms with E-state index < -0.39 is 12.1 Å². The first-order valence-corrected chi connectivity index (χ1v) is 7.39. The van der Waals surface area contributed by atoms with Crippen molar-refractivity contribution in [3.05, 3.63) is 35.4 Å². The molecule has 0 saturated carbocycles. The number of hydrogen-bond acceptors (Lipinski definition) is 4. The molecule has 6 heteroatoms. The van der Waals surface area contributed by atoms with Gasteiger partial charge in [0.2, 0.25) is 5.91 Å². The van der Waals surface area contributed by atoms with Crippen molar-refractivity contribution >= 4 is 17.8 Å². The van der Waals surface area contributed by atoms with E-state index in [1.54, 1.807) is 21.9 Å². The smallest absolute Gasteiger partial charge is 0.339 e. The predicted molar refractivity (Wildman–Crippen MR) is 78.2 cm³/mol. The number of amides is 2. The molecule has 1 aromatic rings.